The molecule has 0 radical (unpaired) electrons. The van der Waals surface area contributed by atoms with E-state index >= 15 is 0 Å². The molecular weight excluding hydrogens is 423 g/mol. The number of hydrogen-bond acceptors (Lipinski definition) is 7. The Morgan fingerprint density at radius 3 is 2.43 bits per heavy atom. The molecule has 30 heavy (non-hydrogen) atoms. The lowest BCUT2D eigenvalue weighted by Gasteiger charge is -2.23. The lowest BCUT2D eigenvalue weighted by Crippen LogP contribution is -2.27. The minimum atomic E-state index is -4.85. The van der Waals surface area contributed by atoms with E-state index in [1.807, 2.05) is 0 Å². The van der Waals surface area contributed by atoms with Crippen LogP contribution in [0.25, 0.3) is 11.0 Å². The number of hydrogen-bond donors (Lipinski definition) is 2. The second-order valence-corrected chi connectivity index (χ2v) is 8.18. The summed E-state index contributed by atoms with van der Waals surface area (Å²) in [4.78, 5) is 11.8. The van der Waals surface area contributed by atoms with Crippen LogP contribution in [0.15, 0.2) is 42.6 Å². The molecule has 3 aromatic rings. The number of nitrogens with one attached hydrogen (secondary N) is 1. The second kappa shape index (κ2) is 8.30. The molecule has 0 aliphatic heterocycles. The van der Waals surface area contributed by atoms with E-state index < -0.39 is 34.0 Å². The molecule has 0 spiro atoms. The summed E-state index contributed by atoms with van der Waals surface area (Å²) in [5, 5.41) is 0. The first-order chi connectivity index (χ1) is 14.1. The van der Waals surface area contributed by atoms with Crippen LogP contribution in [-0.2, 0) is 10.0 Å². The number of sulfonamides is 1. The number of anilines is 2. The molecule has 1 unspecified atom stereocenters. The van der Waals surface area contributed by atoms with Crippen LogP contribution < -0.4 is 15.2 Å². The topological polar surface area (TPSA) is 120 Å². The first-order valence-corrected chi connectivity index (χ1v) is 10.5. The normalized spacial score (nSPS) is 13.2. The molecule has 3 rings (SSSR count). The molecule has 3 N–H and O–H groups in total. The number of rotatable bonds is 7. The zero-order valence-electron chi connectivity index (χ0n) is 15.7. The number of halogens is 3. The third kappa shape index (κ3) is 5.06. The number of nitrogens with two attached hydrogens (primary N) is 1. The molecule has 2 heterocycles. The molecule has 0 bridgehead atoms. The molecule has 0 saturated heterocycles. The summed E-state index contributed by atoms with van der Waals surface area (Å²) >= 11 is 0. The van der Waals surface area contributed by atoms with Crippen LogP contribution in [0.4, 0.5) is 24.8 Å². The number of para-hydroxylation sites is 2. The summed E-state index contributed by atoms with van der Waals surface area (Å²) in [7, 11) is -3.86. The number of alkyl halides is 3. The highest BCUT2D eigenvalue weighted by Gasteiger charge is 2.44. The average molecular weight is 441 g/mol. The zero-order chi connectivity index (χ0) is 21.9. The number of pyridine rings is 1. The van der Waals surface area contributed by atoms with Crippen molar-refractivity contribution in [1.82, 2.24) is 15.0 Å². The number of ether oxygens (including phenoxy) is 1. The molecule has 0 saturated carbocycles. The molecule has 0 aliphatic rings. The van der Waals surface area contributed by atoms with Crippen molar-refractivity contribution in [2.24, 2.45) is 0 Å². The van der Waals surface area contributed by atoms with Crippen molar-refractivity contribution >= 4 is 32.7 Å². The Labute approximate surface area is 170 Å². The monoisotopic (exact) mass is 441 g/mol. The zero-order valence-corrected chi connectivity index (χ0v) is 16.5. The SMILES string of the molecule is CCCS(=O)(=O)Nc1nc2ccccc2nc1OC(c1ccnc(N)c1)C(F)(F)F. The van der Waals surface area contributed by atoms with Gasteiger partial charge >= 0.3 is 6.18 Å². The average Bonchev–Trinajstić information content (AvgIpc) is 2.64. The molecular formula is C18H18F3N5O3S. The van der Waals surface area contributed by atoms with Crippen molar-refractivity contribution in [3.63, 3.8) is 0 Å². The minimum absolute atomic E-state index is 0.126. The van der Waals surface area contributed by atoms with E-state index in [0.717, 1.165) is 18.3 Å². The number of nitrogens with zero attached hydrogens (tertiary/aromatic N) is 3. The molecule has 1 atom stereocenters. The summed E-state index contributed by atoms with van der Waals surface area (Å²) in [5.74, 6) is -1.41. The van der Waals surface area contributed by atoms with E-state index in [9.17, 15) is 21.6 Å². The van der Waals surface area contributed by atoms with Crippen LogP contribution in [0.1, 0.15) is 25.0 Å². The fourth-order valence-corrected chi connectivity index (χ4v) is 3.73. The molecule has 2 aromatic heterocycles. The van der Waals surface area contributed by atoms with Crippen LogP contribution in [-0.4, -0.2) is 35.3 Å². The number of aromatic nitrogens is 3. The van der Waals surface area contributed by atoms with Crippen molar-refractivity contribution in [3.8, 4) is 5.88 Å². The molecule has 160 valence electrons. The third-order valence-corrected chi connectivity index (χ3v) is 5.35. The first-order valence-electron chi connectivity index (χ1n) is 8.81. The van der Waals surface area contributed by atoms with Crippen LogP contribution >= 0.6 is 0 Å². The van der Waals surface area contributed by atoms with Crippen LogP contribution in [0, 0.1) is 0 Å². The van der Waals surface area contributed by atoms with Gasteiger partial charge in [0.2, 0.25) is 21.9 Å². The summed E-state index contributed by atoms with van der Waals surface area (Å²) < 4.78 is 73.0. The van der Waals surface area contributed by atoms with Gasteiger partial charge in [0.25, 0.3) is 5.88 Å². The maximum atomic E-state index is 13.8. The van der Waals surface area contributed by atoms with Gasteiger partial charge in [0.1, 0.15) is 5.82 Å². The van der Waals surface area contributed by atoms with Crippen molar-refractivity contribution in [2.75, 3.05) is 16.2 Å². The van der Waals surface area contributed by atoms with Gasteiger partial charge in [0.05, 0.1) is 16.8 Å². The molecule has 0 amide bonds. The molecule has 0 aliphatic carbocycles. The van der Waals surface area contributed by atoms with Gasteiger partial charge < -0.3 is 10.5 Å². The fourth-order valence-electron chi connectivity index (χ4n) is 2.66. The van der Waals surface area contributed by atoms with Crippen molar-refractivity contribution in [2.45, 2.75) is 25.6 Å². The largest absolute Gasteiger partial charge is 0.457 e. The smallest absolute Gasteiger partial charge is 0.429 e. The maximum Gasteiger partial charge on any atom is 0.429 e. The number of fused-ring (bicyclic) bond motifs is 1. The molecule has 8 nitrogen and oxygen atoms in total. The Balaban J connectivity index is 2.10. The maximum absolute atomic E-state index is 13.8. The summed E-state index contributed by atoms with van der Waals surface area (Å²) in [5.41, 5.74) is 5.71. The standard InChI is InChI=1S/C18H18F3N5O3S/c1-2-9-30(27,28)26-16-17(25-13-6-4-3-5-12(13)24-16)29-15(18(19,20)21)11-7-8-23-14(22)10-11/h3-8,10,15H,2,9H2,1H3,(H2,22,23)(H,24,26). The van der Waals surface area contributed by atoms with Crippen molar-refractivity contribution in [1.29, 1.82) is 0 Å². The molecule has 0 fully saturated rings. The lowest BCUT2D eigenvalue weighted by molar-refractivity contribution is -0.198. The fraction of sp³-hybridized carbons (Fsp3) is 0.278. The quantitative estimate of drug-likeness (QED) is 0.576. The Bertz CT molecular complexity index is 1160. The minimum Gasteiger partial charge on any atom is -0.457 e. The summed E-state index contributed by atoms with van der Waals surface area (Å²) in [6.07, 6.45) is -5.90. The van der Waals surface area contributed by atoms with E-state index in [2.05, 4.69) is 19.7 Å². The number of nitrogen functional groups attached to an aromatic ring is 1. The van der Waals surface area contributed by atoms with E-state index in [1.165, 1.54) is 6.07 Å². The van der Waals surface area contributed by atoms with E-state index in [0.29, 0.717) is 6.42 Å². The van der Waals surface area contributed by atoms with Crippen LogP contribution in [0.3, 0.4) is 0 Å². The van der Waals surface area contributed by atoms with E-state index in [1.54, 1.807) is 25.1 Å². The number of benzene rings is 1. The predicted molar refractivity (Wildman–Crippen MR) is 105 cm³/mol. The summed E-state index contributed by atoms with van der Waals surface area (Å²) in [6.45, 7) is 1.65. The third-order valence-electron chi connectivity index (χ3n) is 3.90. The molecule has 12 heteroatoms. The van der Waals surface area contributed by atoms with Gasteiger partial charge in [0, 0.05) is 11.8 Å². The van der Waals surface area contributed by atoms with Gasteiger partial charge in [-0.3, -0.25) is 4.72 Å². The lowest BCUT2D eigenvalue weighted by atomic mass is 10.1. The Morgan fingerprint density at radius 1 is 1.17 bits per heavy atom. The first kappa shape index (κ1) is 21.6. The van der Waals surface area contributed by atoms with Gasteiger partial charge in [0.15, 0.2) is 0 Å². The highest BCUT2D eigenvalue weighted by molar-refractivity contribution is 7.92. The Kier molecular flexibility index (Phi) is 5.97. The van der Waals surface area contributed by atoms with E-state index in [-0.39, 0.29) is 28.2 Å². The second-order valence-electron chi connectivity index (χ2n) is 6.34. The van der Waals surface area contributed by atoms with Crippen LogP contribution in [0.2, 0.25) is 0 Å². The Hall–Kier alpha value is -3.15. The van der Waals surface area contributed by atoms with Crippen molar-refractivity contribution in [3.05, 3.63) is 48.2 Å². The van der Waals surface area contributed by atoms with Gasteiger partial charge in [-0.15, -0.1) is 0 Å². The van der Waals surface area contributed by atoms with Gasteiger partial charge in [-0.1, -0.05) is 19.1 Å². The van der Waals surface area contributed by atoms with Gasteiger partial charge in [-0.25, -0.2) is 23.4 Å². The van der Waals surface area contributed by atoms with Crippen LogP contribution in [0.5, 0.6) is 5.88 Å². The van der Waals surface area contributed by atoms with Gasteiger partial charge in [-0.2, -0.15) is 13.2 Å². The summed E-state index contributed by atoms with van der Waals surface area (Å²) in [6, 6.07) is 8.45. The Morgan fingerprint density at radius 2 is 1.83 bits per heavy atom. The van der Waals surface area contributed by atoms with Gasteiger partial charge in [-0.05, 0) is 30.7 Å². The van der Waals surface area contributed by atoms with Crippen molar-refractivity contribution < 1.29 is 26.3 Å². The van der Waals surface area contributed by atoms with E-state index in [4.69, 9.17) is 10.5 Å². The predicted octanol–water partition coefficient (Wildman–Crippen LogP) is 3.44. The molecule has 1 aromatic carbocycles. The highest BCUT2D eigenvalue weighted by Crippen LogP contribution is 2.38. The highest BCUT2D eigenvalue weighted by atomic mass is 32.2.